The monoisotopic (exact) mass is 413 g/mol. The first-order valence-corrected chi connectivity index (χ1v) is 9.53. The van der Waals surface area contributed by atoms with Crippen LogP contribution in [0.4, 0.5) is 5.69 Å². The molecule has 0 radical (unpaired) electrons. The lowest BCUT2D eigenvalue weighted by atomic mass is 10.2. The van der Waals surface area contributed by atoms with E-state index in [-0.39, 0.29) is 12.5 Å². The molecule has 3 N–H and O–H groups in total. The van der Waals surface area contributed by atoms with Crippen molar-refractivity contribution in [1.82, 2.24) is 4.98 Å². The van der Waals surface area contributed by atoms with Crippen LogP contribution >= 0.6 is 0 Å². The third kappa shape index (κ3) is 4.79. The van der Waals surface area contributed by atoms with Gasteiger partial charge < -0.3 is 20.5 Å². The molecule has 0 unspecified atom stereocenters. The first kappa shape index (κ1) is 19.9. The van der Waals surface area contributed by atoms with Crippen molar-refractivity contribution in [3.8, 4) is 17.2 Å². The summed E-state index contributed by atoms with van der Waals surface area (Å²) in [5.74, 6) is 0.542. The number of nitrogens with one attached hydrogen (secondary N) is 1. The highest BCUT2D eigenvalue weighted by Crippen LogP contribution is 2.26. The molecule has 154 valence electrons. The van der Waals surface area contributed by atoms with Gasteiger partial charge in [0.25, 0.3) is 11.8 Å². The van der Waals surface area contributed by atoms with Gasteiger partial charge in [-0.15, -0.1) is 0 Å². The number of benzene rings is 3. The maximum absolute atomic E-state index is 12.3. The Morgan fingerprint density at radius 3 is 2.42 bits per heavy atom. The Kier molecular flexibility index (Phi) is 5.75. The summed E-state index contributed by atoms with van der Waals surface area (Å²) in [5.41, 5.74) is 6.95. The smallest absolute Gasteiger partial charge is 0.262 e. The highest BCUT2D eigenvalue weighted by Gasteiger charge is 2.10. The molecule has 0 aliphatic heterocycles. The summed E-state index contributed by atoms with van der Waals surface area (Å²) in [4.78, 5) is 28.1. The van der Waals surface area contributed by atoms with E-state index in [9.17, 15) is 9.59 Å². The summed E-state index contributed by atoms with van der Waals surface area (Å²) < 4.78 is 11.4. The van der Waals surface area contributed by atoms with Crippen LogP contribution in [-0.2, 0) is 4.79 Å². The quantitative estimate of drug-likeness (QED) is 0.474. The van der Waals surface area contributed by atoms with Crippen molar-refractivity contribution in [1.29, 1.82) is 0 Å². The minimum Gasteiger partial charge on any atom is -0.481 e. The summed E-state index contributed by atoms with van der Waals surface area (Å²) in [6.07, 6.45) is 1.68. The number of fused-ring (bicyclic) bond motifs is 1. The number of pyridine rings is 1. The largest absolute Gasteiger partial charge is 0.481 e. The molecule has 1 aromatic heterocycles. The van der Waals surface area contributed by atoms with Crippen molar-refractivity contribution in [2.24, 2.45) is 5.73 Å². The third-order valence-corrected chi connectivity index (χ3v) is 4.47. The van der Waals surface area contributed by atoms with E-state index in [1.165, 1.54) is 0 Å². The fraction of sp³-hybridized carbons (Fsp3) is 0.0417. The lowest BCUT2D eigenvalue weighted by Gasteiger charge is -2.11. The van der Waals surface area contributed by atoms with Crippen molar-refractivity contribution < 1.29 is 19.1 Å². The number of carbonyl (C=O) groups excluding carboxylic acids is 2. The van der Waals surface area contributed by atoms with Gasteiger partial charge in [0.05, 0.1) is 5.56 Å². The summed E-state index contributed by atoms with van der Waals surface area (Å²) in [6, 6.07) is 22.8. The normalized spacial score (nSPS) is 10.5. The number of rotatable bonds is 7. The summed E-state index contributed by atoms with van der Waals surface area (Å²) in [6.45, 7) is -0.153. The lowest BCUT2D eigenvalue weighted by Crippen LogP contribution is -2.20. The number of nitrogens with two attached hydrogens (primary N) is 1. The van der Waals surface area contributed by atoms with Crippen LogP contribution in [0.3, 0.4) is 0 Å². The third-order valence-electron chi connectivity index (χ3n) is 4.47. The van der Waals surface area contributed by atoms with Crippen molar-refractivity contribution >= 4 is 28.4 Å². The standard InChI is InChI=1S/C24H19N3O4/c25-24(29)19-7-1-2-8-20(19)31-18-12-10-17(11-13-18)27-22(28)15-30-21-9-3-5-16-6-4-14-26-23(16)21/h1-14H,15H2,(H2,25,29)(H,27,28). The number of anilines is 1. The molecule has 2 amide bonds. The second-order valence-electron chi connectivity index (χ2n) is 6.65. The first-order chi connectivity index (χ1) is 15.1. The Labute approximate surface area is 178 Å². The van der Waals surface area contributed by atoms with Crippen LogP contribution in [0.5, 0.6) is 17.2 Å². The fourth-order valence-corrected chi connectivity index (χ4v) is 3.03. The van der Waals surface area contributed by atoms with Gasteiger partial charge in [-0.05, 0) is 48.5 Å². The van der Waals surface area contributed by atoms with Crippen LogP contribution in [-0.4, -0.2) is 23.4 Å². The molecule has 0 aliphatic carbocycles. The average Bonchev–Trinajstić information content (AvgIpc) is 2.79. The number of nitrogens with zero attached hydrogens (tertiary/aromatic N) is 1. The van der Waals surface area contributed by atoms with Crippen LogP contribution in [0.25, 0.3) is 10.9 Å². The van der Waals surface area contributed by atoms with Crippen molar-refractivity contribution in [2.45, 2.75) is 0 Å². The summed E-state index contributed by atoms with van der Waals surface area (Å²) >= 11 is 0. The van der Waals surface area contributed by atoms with Crippen LogP contribution in [0, 0.1) is 0 Å². The molecule has 0 atom stereocenters. The van der Waals surface area contributed by atoms with E-state index < -0.39 is 5.91 Å². The molecular formula is C24H19N3O4. The van der Waals surface area contributed by atoms with Crippen LogP contribution in [0.2, 0.25) is 0 Å². The maximum atomic E-state index is 12.3. The zero-order valence-electron chi connectivity index (χ0n) is 16.4. The van der Waals surface area contributed by atoms with Crippen molar-refractivity contribution in [2.75, 3.05) is 11.9 Å². The van der Waals surface area contributed by atoms with Crippen LogP contribution in [0.1, 0.15) is 10.4 Å². The van der Waals surface area contributed by atoms with E-state index in [1.54, 1.807) is 60.8 Å². The van der Waals surface area contributed by atoms with E-state index in [1.807, 2.05) is 24.3 Å². The fourth-order valence-electron chi connectivity index (χ4n) is 3.03. The molecule has 31 heavy (non-hydrogen) atoms. The van der Waals surface area contributed by atoms with Gasteiger partial charge in [-0.25, -0.2) is 0 Å². The van der Waals surface area contributed by atoms with Gasteiger partial charge in [-0.3, -0.25) is 14.6 Å². The number of hydrogen-bond acceptors (Lipinski definition) is 5. The van der Waals surface area contributed by atoms with Gasteiger partial charge in [0, 0.05) is 17.3 Å². The highest BCUT2D eigenvalue weighted by molar-refractivity contribution is 5.95. The van der Waals surface area contributed by atoms with Crippen LogP contribution in [0.15, 0.2) is 85.1 Å². The van der Waals surface area contributed by atoms with Gasteiger partial charge in [0.1, 0.15) is 22.8 Å². The van der Waals surface area contributed by atoms with Gasteiger partial charge in [0.15, 0.2) is 6.61 Å². The number of amides is 2. The summed E-state index contributed by atoms with van der Waals surface area (Å²) in [5, 5.41) is 3.71. The molecule has 3 aromatic carbocycles. The SMILES string of the molecule is NC(=O)c1ccccc1Oc1ccc(NC(=O)COc2cccc3cccnc23)cc1. The van der Waals surface area contributed by atoms with Crippen LogP contribution < -0.4 is 20.5 Å². The average molecular weight is 413 g/mol. The number of primary amides is 1. The molecule has 0 bridgehead atoms. The van der Waals surface area contributed by atoms with Gasteiger partial charge in [-0.2, -0.15) is 0 Å². The Morgan fingerprint density at radius 1 is 0.871 bits per heavy atom. The van der Waals surface area contributed by atoms with E-state index in [0.717, 1.165) is 5.39 Å². The number of hydrogen-bond donors (Lipinski definition) is 2. The predicted octanol–water partition coefficient (Wildman–Crippen LogP) is 4.14. The maximum Gasteiger partial charge on any atom is 0.262 e. The minimum atomic E-state index is -0.569. The van der Waals surface area contributed by atoms with E-state index in [4.69, 9.17) is 15.2 Å². The number of carbonyl (C=O) groups is 2. The number of aromatic nitrogens is 1. The topological polar surface area (TPSA) is 104 Å². The zero-order chi connectivity index (χ0) is 21.6. The molecule has 7 nitrogen and oxygen atoms in total. The molecule has 1 heterocycles. The minimum absolute atomic E-state index is 0.153. The molecule has 0 saturated heterocycles. The number of ether oxygens (including phenoxy) is 2. The van der Waals surface area contributed by atoms with E-state index in [2.05, 4.69) is 10.3 Å². The van der Waals surface area contributed by atoms with Crippen molar-refractivity contribution in [3.63, 3.8) is 0 Å². The highest BCUT2D eigenvalue weighted by atomic mass is 16.5. The molecule has 0 aliphatic rings. The Bertz CT molecular complexity index is 1230. The molecule has 0 fully saturated rings. The first-order valence-electron chi connectivity index (χ1n) is 9.53. The van der Waals surface area contributed by atoms with Gasteiger partial charge in [0.2, 0.25) is 0 Å². The van der Waals surface area contributed by atoms with Gasteiger partial charge in [-0.1, -0.05) is 30.3 Å². The number of para-hydroxylation sites is 2. The summed E-state index contributed by atoms with van der Waals surface area (Å²) in [7, 11) is 0. The van der Waals surface area contributed by atoms with E-state index >= 15 is 0 Å². The molecule has 0 saturated carbocycles. The Balaban J connectivity index is 1.37. The predicted molar refractivity (Wildman–Crippen MR) is 117 cm³/mol. The Morgan fingerprint density at radius 2 is 1.61 bits per heavy atom. The second kappa shape index (κ2) is 8.96. The van der Waals surface area contributed by atoms with Crippen molar-refractivity contribution in [3.05, 3.63) is 90.6 Å². The molecule has 7 heteroatoms. The van der Waals surface area contributed by atoms with E-state index in [0.29, 0.717) is 34.0 Å². The molecule has 4 aromatic rings. The second-order valence-corrected chi connectivity index (χ2v) is 6.65. The van der Waals surface area contributed by atoms with Gasteiger partial charge >= 0.3 is 0 Å². The molecule has 0 spiro atoms. The zero-order valence-corrected chi connectivity index (χ0v) is 16.4. The lowest BCUT2D eigenvalue weighted by molar-refractivity contribution is -0.118. The Hall–Kier alpha value is -4.39. The molecular weight excluding hydrogens is 394 g/mol. The molecule has 4 rings (SSSR count).